The minimum absolute atomic E-state index is 0.608. The third-order valence-corrected chi connectivity index (χ3v) is 3.47. The highest BCUT2D eigenvalue weighted by atomic mass is 16.7. The van der Waals surface area contributed by atoms with Gasteiger partial charge in [0, 0.05) is 16.9 Å². The summed E-state index contributed by atoms with van der Waals surface area (Å²) < 4.78 is 1.80. The van der Waals surface area contributed by atoms with Crippen molar-refractivity contribution >= 4 is 0 Å². The first-order chi connectivity index (χ1) is 9.79. The molecule has 106 valence electrons. The summed E-state index contributed by atoms with van der Waals surface area (Å²) in [6, 6.07) is 14.6. The Morgan fingerprint density at radius 3 is 2.30 bits per heavy atom. The van der Waals surface area contributed by atoms with Crippen molar-refractivity contribution in [1.82, 2.24) is 0 Å². The van der Waals surface area contributed by atoms with Crippen LogP contribution in [0.1, 0.15) is 33.1 Å². The molecule has 2 heteroatoms. The van der Waals surface area contributed by atoms with E-state index in [0.717, 1.165) is 6.61 Å². The maximum absolute atomic E-state index is 5.77. The third-order valence-electron chi connectivity index (χ3n) is 3.47. The Kier molecular flexibility index (Phi) is 5.60. The van der Waals surface area contributed by atoms with Gasteiger partial charge in [0.1, 0.15) is 0 Å². The molecular formula is C18H24NO+. The monoisotopic (exact) mass is 270 g/mol. The van der Waals surface area contributed by atoms with E-state index in [-0.39, 0.29) is 0 Å². The SMILES string of the molecule is CCCCC(C)CO[n+]1ccc(-c2ccccc2)cc1. The molecule has 0 saturated carbocycles. The Balaban J connectivity index is 1.89. The van der Waals surface area contributed by atoms with Crippen molar-refractivity contribution in [3.8, 4) is 11.1 Å². The van der Waals surface area contributed by atoms with Crippen LogP contribution in [0, 0.1) is 5.92 Å². The van der Waals surface area contributed by atoms with E-state index in [1.165, 1.54) is 30.4 Å². The van der Waals surface area contributed by atoms with Crippen LogP contribution in [0.25, 0.3) is 11.1 Å². The Hall–Kier alpha value is -1.83. The molecule has 0 aliphatic carbocycles. The average Bonchev–Trinajstić information content (AvgIpc) is 2.52. The first-order valence-electron chi connectivity index (χ1n) is 7.49. The van der Waals surface area contributed by atoms with Crippen molar-refractivity contribution in [1.29, 1.82) is 0 Å². The molecule has 1 aromatic carbocycles. The number of hydrogen-bond donors (Lipinski definition) is 0. The molecule has 2 rings (SSSR count). The molecule has 0 aliphatic heterocycles. The van der Waals surface area contributed by atoms with Gasteiger partial charge in [-0.05, 0) is 23.5 Å². The Labute approximate surface area is 122 Å². The van der Waals surface area contributed by atoms with E-state index in [1.54, 1.807) is 4.73 Å². The predicted octanol–water partition coefficient (Wildman–Crippen LogP) is 3.90. The summed E-state index contributed by atoms with van der Waals surface area (Å²) in [7, 11) is 0. The number of pyridine rings is 1. The molecule has 0 fully saturated rings. The van der Waals surface area contributed by atoms with E-state index < -0.39 is 0 Å². The largest absolute Gasteiger partial charge is 0.271 e. The van der Waals surface area contributed by atoms with Crippen molar-refractivity contribution < 1.29 is 9.57 Å². The van der Waals surface area contributed by atoms with Gasteiger partial charge in [-0.15, -0.1) is 0 Å². The van der Waals surface area contributed by atoms with Crippen molar-refractivity contribution in [2.45, 2.75) is 33.1 Å². The smallest absolute Gasteiger partial charge is 0.223 e. The van der Waals surface area contributed by atoms with Gasteiger partial charge in [-0.2, -0.15) is 0 Å². The normalized spacial score (nSPS) is 12.1. The maximum atomic E-state index is 5.77. The molecule has 1 atom stereocenters. The van der Waals surface area contributed by atoms with Crippen LogP contribution in [-0.2, 0) is 0 Å². The van der Waals surface area contributed by atoms with Gasteiger partial charge in [0.15, 0.2) is 6.61 Å². The average molecular weight is 270 g/mol. The lowest BCUT2D eigenvalue weighted by Crippen LogP contribution is -2.43. The number of benzene rings is 1. The van der Waals surface area contributed by atoms with Crippen LogP contribution in [-0.4, -0.2) is 6.61 Å². The van der Waals surface area contributed by atoms with E-state index in [2.05, 4.69) is 50.2 Å². The van der Waals surface area contributed by atoms with Crippen molar-refractivity contribution in [3.05, 3.63) is 54.9 Å². The second-order valence-corrected chi connectivity index (χ2v) is 5.36. The number of unbranched alkanes of at least 4 members (excludes halogenated alkanes) is 1. The quantitative estimate of drug-likeness (QED) is 0.696. The lowest BCUT2D eigenvalue weighted by Gasteiger charge is -2.07. The summed E-state index contributed by atoms with van der Waals surface area (Å²) in [6.07, 6.45) is 7.73. The molecule has 1 unspecified atom stereocenters. The predicted molar refractivity (Wildman–Crippen MR) is 82.2 cm³/mol. The van der Waals surface area contributed by atoms with Crippen LogP contribution >= 0.6 is 0 Å². The van der Waals surface area contributed by atoms with Gasteiger partial charge in [-0.3, -0.25) is 4.84 Å². The topological polar surface area (TPSA) is 13.1 Å². The summed E-state index contributed by atoms with van der Waals surface area (Å²) in [4.78, 5) is 5.77. The lowest BCUT2D eigenvalue weighted by atomic mass is 10.1. The fourth-order valence-corrected chi connectivity index (χ4v) is 2.17. The van der Waals surface area contributed by atoms with Gasteiger partial charge in [0.2, 0.25) is 12.4 Å². The minimum atomic E-state index is 0.608. The third kappa shape index (κ3) is 4.37. The molecule has 0 N–H and O–H groups in total. The van der Waals surface area contributed by atoms with Crippen LogP contribution in [0.4, 0.5) is 0 Å². The molecule has 1 heterocycles. The van der Waals surface area contributed by atoms with Gasteiger partial charge in [0.05, 0.1) is 0 Å². The molecule has 2 aromatic rings. The standard InChI is InChI=1S/C18H24NO/c1-3-4-8-16(2)15-20-19-13-11-18(12-14-19)17-9-6-5-7-10-17/h5-7,9-14,16H,3-4,8,15H2,1-2H3/q+1. The number of hydrogen-bond acceptors (Lipinski definition) is 1. The zero-order valence-corrected chi connectivity index (χ0v) is 12.5. The highest BCUT2D eigenvalue weighted by molar-refractivity contribution is 5.61. The summed E-state index contributed by atoms with van der Waals surface area (Å²) in [5, 5.41) is 0. The molecule has 0 spiro atoms. The van der Waals surface area contributed by atoms with E-state index in [4.69, 9.17) is 4.84 Å². The van der Waals surface area contributed by atoms with Gasteiger partial charge in [-0.1, -0.05) is 57.0 Å². The number of nitrogens with zero attached hydrogens (tertiary/aromatic N) is 1. The highest BCUT2D eigenvalue weighted by Gasteiger charge is 2.07. The summed E-state index contributed by atoms with van der Waals surface area (Å²) in [5.41, 5.74) is 2.44. The van der Waals surface area contributed by atoms with Crippen molar-refractivity contribution in [3.63, 3.8) is 0 Å². The minimum Gasteiger partial charge on any atom is -0.271 e. The molecule has 0 bridgehead atoms. The van der Waals surface area contributed by atoms with Gasteiger partial charge in [-0.25, -0.2) is 0 Å². The molecule has 2 nitrogen and oxygen atoms in total. The van der Waals surface area contributed by atoms with Crippen LogP contribution < -0.4 is 9.57 Å². The second-order valence-electron chi connectivity index (χ2n) is 5.36. The van der Waals surface area contributed by atoms with Crippen molar-refractivity contribution in [2.24, 2.45) is 5.92 Å². The second kappa shape index (κ2) is 7.68. The van der Waals surface area contributed by atoms with Crippen LogP contribution in [0.3, 0.4) is 0 Å². The zero-order valence-electron chi connectivity index (χ0n) is 12.5. The van der Waals surface area contributed by atoms with E-state index in [0.29, 0.717) is 5.92 Å². The summed E-state index contributed by atoms with van der Waals surface area (Å²) in [6.45, 7) is 5.24. The fraction of sp³-hybridized carbons (Fsp3) is 0.389. The highest BCUT2D eigenvalue weighted by Crippen LogP contribution is 2.16. The summed E-state index contributed by atoms with van der Waals surface area (Å²) in [5.74, 6) is 0.608. The van der Waals surface area contributed by atoms with Crippen molar-refractivity contribution in [2.75, 3.05) is 6.61 Å². The zero-order chi connectivity index (χ0) is 14.2. The van der Waals surface area contributed by atoms with Gasteiger partial charge >= 0.3 is 0 Å². The first-order valence-corrected chi connectivity index (χ1v) is 7.49. The molecule has 0 aliphatic rings. The Morgan fingerprint density at radius 1 is 1.00 bits per heavy atom. The lowest BCUT2D eigenvalue weighted by molar-refractivity contribution is -0.892. The van der Waals surface area contributed by atoms with Crippen LogP contribution in [0.5, 0.6) is 0 Å². The Morgan fingerprint density at radius 2 is 1.65 bits per heavy atom. The molecule has 0 saturated heterocycles. The molecular weight excluding hydrogens is 246 g/mol. The van der Waals surface area contributed by atoms with Crippen LogP contribution in [0.2, 0.25) is 0 Å². The van der Waals surface area contributed by atoms with E-state index in [1.807, 2.05) is 18.5 Å². The molecule has 20 heavy (non-hydrogen) atoms. The number of rotatable bonds is 7. The van der Waals surface area contributed by atoms with Crippen LogP contribution in [0.15, 0.2) is 54.9 Å². The fourth-order valence-electron chi connectivity index (χ4n) is 2.17. The molecule has 0 amide bonds. The van der Waals surface area contributed by atoms with E-state index >= 15 is 0 Å². The maximum Gasteiger partial charge on any atom is 0.223 e. The summed E-state index contributed by atoms with van der Waals surface area (Å²) >= 11 is 0. The Bertz CT molecular complexity index is 493. The molecule has 1 aromatic heterocycles. The molecule has 0 radical (unpaired) electrons. The first kappa shape index (κ1) is 14.6. The van der Waals surface area contributed by atoms with Gasteiger partial charge in [0.25, 0.3) is 0 Å². The van der Waals surface area contributed by atoms with E-state index in [9.17, 15) is 0 Å². The van der Waals surface area contributed by atoms with Gasteiger partial charge < -0.3 is 0 Å². The number of aromatic nitrogens is 1.